The van der Waals surface area contributed by atoms with E-state index < -0.39 is 0 Å². The first-order chi connectivity index (χ1) is 7.15. The van der Waals surface area contributed by atoms with Crippen molar-refractivity contribution in [3.05, 3.63) is 41.2 Å². The molecule has 82 valence electrons. The molecule has 0 spiro atoms. The Hall–Kier alpha value is -1.15. The molecule has 2 heteroatoms. The minimum Gasteiger partial charge on any atom is -0.319 e. The highest BCUT2D eigenvalue weighted by molar-refractivity contribution is 5.64. The second-order valence-electron chi connectivity index (χ2n) is 3.76. The summed E-state index contributed by atoms with van der Waals surface area (Å²) in [7, 11) is 1.91. The van der Waals surface area contributed by atoms with E-state index in [1.54, 1.807) is 6.07 Å². The monoisotopic (exact) mass is 207 g/mol. The molecule has 1 aromatic carbocycles. The molecule has 1 N–H and O–H groups in total. The second kappa shape index (κ2) is 5.66. The molecule has 0 radical (unpaired) electrons. The van der Waals surface area contributed by atoms with Crippen molar-refractivity contribution in [1.29, 1.82) is 0 Å². The minimum absolute atomic E-state index is 0.140. The van der Waals surface area contributed by atoms with E-state index in [4.69, 9.17) is 0 Å². The van der Waals surface area contributed by atoms with Crippen LogP contribution in [-0.4, -0.2) is 13.6 Å². The average molecular weight is 207 g/mol. The van der Waals surface area contributed by atoms with Gasteiger partial charge in [-0.2, -0.15) is 0 Å². The summed E-state index contributed by atoms with van der Waals surface area (Å²) < 4.78 is 13.5. The summed E-state index contributed by atoms with van der Waals surface area (Å²) in [5.41, 5.74) is 2.81. The number of hydrogen-bond donors (Lipinski definition) is 1. The van der Waals surface area contributed by atoms with Gasteiger partial charge in [-0.15, -0.1) is 0 Å². The van der Waals surface area contributed by atoms with Crippen LogP contribution in [0.1, 0.15) is 24.5 Å². The first-order valence-electron chi connectivity index (χ1n) is 5.23. The number of benzene rings is 1. The first-order valence-corrected chi connectivity index (χ1v) is 5.23. The molecule has 0 bridgehead atoms. The number of allylic oxidation sites excluding steroid dienone is 1. The Balaban J connectivity index is 2.85. The van der Waals surface area contributed by atoms with E-state index in [-0.39, 0.29) is 5.82 Å². The minimum atomic E-state index is -0.140. The number of halogens is 1. The van der Waals surface area contributed by atoms with E-state index in [9.17, 15) is 4.39 Å². The Labute approximate surface area is 91.0 Å². The standard InChI is InChI=1S/C13H18FN/c1-10-6-7-13(14)12(9-10)11(2)5-4-8-15-3/h5-7,9,15H,4,8H2,1-3H3. The smallest absolute Gasteiger partial charge is 0.130 e. The van der Waals surface area contributed by atoms with E-state index in [1.165, 1.54) is 6.07 Å². The molecule has 0 fully saturated rings. The normalized spacial score (nSPS) is 11.9. The summed E-state index contributed by atoms with van der Waals surface area (Å²) in [5.74, 6) is -0.140. The molecule has 0 aliphatic rings. The molecule has 1 rings (SSSR count). The van der Waals surface area contributed by atoms with Gasteiger partial charge < -0.3 is 5.32 Å². The van der Waals surface area contributed by atoms with E-state index in [0.29, 0.717) is 5.56 Å². The fourth-order valence-corrected chi connectivity index (χ4v) is 1.48. The van der Waals surface area contributed by atoms with Crippen LogP contribution in [0.4, 0.5) is 4.39 Å². The molecule has 15 heavy (non-hydrogen) atoms. The van der Waals surface area contributed by atoms with Crippen LogP contribution in [0, 0.1) is 12.7 Å². The number of nitrogens with one attached hydrogen (secondary N) is 1. The maximum atomic E-state index is 13.5. The van der Waals surface area contributed by atoms with E-state index in [1.807, 2.05) is 27.0 Å². The van der Waals surface area contributed by atoms with Gasteiger partial charge in [-0.05, 0) is 51.6 Å². The van der Waals surface area contributed by atoms with Crippen LogP contribution in [0.25, 0.3) is 5.57 Å². The van der Waals surface area contributed by atoms with Crippen molar-refractivity contribution in [2.45, 2.75) is 20.3 Å². The average Bonchev–Trinajstić information content (AvgIpc) is 2.22. The molecule has 0 saturated carbocycles. The fourth-order valence-electron chi connectivity index (χ4n) is 1.48. The van der Waals surface area contributed by atoms with Gasteiger partial charge in [0.25, 0.3) is 0 Å². The first kappa shape index (κ1) is 11.9. The maximum Gasteiger partial charge on any atom is 0.130 e. The van der Waals surface area contributed by atoms with Crippen LogP contribution >= 0.6 is 0 Å². The lowest BCUT2D eigenvalue weighted by Crippen LogP contribution is -2.06. The van der Waals surface area contributed by atoms with Crippen LogP contribution < -0.4 is 5.32 Å². The molecule has 0 unspecified atom stereocenters. The Morgan fingerprint density at radius 1 is 1.47 bits per heavy atom. The maximum absolute atomic E-state index is 13.5. The zero-order valence-corrected chi connectivity index (χ0v) is 9.60. The molecule has 0 aromatic heterocycles. The van der Waals surface area contributed by atoms with Crippen molar-refractivity contribution in [3.8, 4) is 0 Å². The zero-order chi connectivity index (χ0) is 11.3. The third-order valence-electron chi connectivity index (χ3n) is 2.39. The largest absolute Gasteiger partial charge is 0.319 e. The predicted octanol–water partition coefficient (Wildman–Crippen LogP) is 3.15. The van der Waals surface area contributed by atoms with Gasteiger partial charge in [0.15, 0.2) is 0 Å². The quantitative estimate of drug-likeness (QED) is 0.748. The van der Waals surface area contributed by atoms with Crippen LogP contribution in [0.2, 0.25) is 0 Å². The van der Waals surface area contributed by atoms with Gasteiger partial charge in [0.2, 0.25) is 0 Å². The lowest BCUT2D eigenvalue weighted by molar-refractivity contribution is 0.623. The van der Waals surface area contributed by atoms with Gasteiger partial charge in [-0.3, -0.25) is 0 Å². The van der Waals surface area contributed by atoms with Crippen LogP contribution in [0.3, 0.4) is 0 Å². The molecule has 0 atom stereocenters. The van der Waals surface area contributed by atoms with E-state index in [2.05, 4.69) is 11.4 Å². The summed E-state index contributed by atoms with van der Waals surface area (Å²) in [6.07, 6.45) is 2.99. The fraction of sp³-hybridized carbons (Fsp3) is 0.385. The van der Waals surface area contributed by atoms with Crippen molar-refractivity contribution in [3.63, 3.8) is 0 Å². The molecule has 1 aromatic rings. The number of aryl methyl sites for hydroxylation is 1. The van der Waals surface area contributed by atoms with Crippen molar-refractivity contribution < 1.29 is 4.39 Å². The van der Waals surface area contributed by atoms with Crippen molar-refractivity contribution in [2.75, 3.05) is 13.6 Å². The third kappa shape index (κ3) is 3.48. The Morgan fingerprint density at radius 2 is 2.20 bits per heavy atom. The highest BCUT2D eigenvalue weighted by atomic mass is 19.1. The number of rotatable bonds is 4. The molecule has 0 saturated heterocycles. The van der Waals surface area contributed by atoms with Gasteiger partial charge in [-0.1, -0.05) is 17.7 Å². The molecule has 0 aliphatic heterocycles. The van der Waals surface area contributed by atoms with Gasteiger partial charge in [0.1, 0.15) is 5.82 Å². The summed E-state index contributed by atoms with van der Waals surface area (Å²) in [4.78, 5) is 0. The van der Waals surface area contributed by atoms with E-state index in [0.717, 1.165) is 24.1 Å². The lowest BCUT2D eigenvalue weighted by atomic mass is 10.0. The Kier molecular flexibility index (Phi) is 4.50. The van der Waals surface area contributed by atoms with Gasteiger partial charge in [-0.25, -0.2) is 4.39 Å². The predicted molar refractivity (Wildman–Crippen MR) is 63.3 cm³/mol. The molecule has 1 nitrogen and oxygen atoms in total. The van der Waals surface area contributed by atoms with Crippen LogP contribution in [-0.2, 0) is 0 Å². The van der Waals surface area contributed by atoms with Crippen molar-refractivity contribution in [2.24, 2.45) is 0 Å². The topological polar surface area (TPSA) is 12.0 Å². The molecular formula is C13H18FN. The van der Waals surface area contributed by atoms with Gasteiger partial charge >= 0.3 is 0 Å². The molecular weight excluding hydrogens is 189 g/mol. The Morgan fingerprint density at radius 3 is 2.87 bits per heavy atom. The van der Waals surface area contributed by atoms with Crippen molar-refractivity contribution >= 4 is 5.57 Å². The summed E-state index contributed by atoms with van der Waals surface area (Å²) >= 11 is 0. The highest BCUT2D eigenvalue weighted by Gasteiger charge is 2.03. The van der Waals surface area contributed by atoms with Gasteiger partial charge in [0.05, 0.1) is 0 Å². The second-order valence-corrected chi connectivity index (χ2v) is 3.76. The zero-order valence-electron chi connectivity index (χ0n) is 9.60. The van der Waals surface area contributed by atoms with E-state index >= 15 is 0 Å². The molecule has 0 amide bonds. The summed E-state index contributed by atoms with van der Waals surface area (Å²) in [6.45, 7) is 4.85. The van der Waals surface area contributed by atoms with Crippen LogP contribution in [0.15, 0.2) is 24.3 Å². The van der Waals surface area contributed by atoms with Crippen molar-refractivity contribution in [1.82, 2.24) is 5.32 Å². The SMILES string of the molecule is CNCCC=C(C)c1cc(C)ccc1F. The molecule has 0 heterocycles. The lowest BCUT2D eigenvalue weighted by Gasteiger charge is -2.05. The van der Waals surface area contributed by atoms with Crippen LogP contribution in [0.5, 0.6) is 0 Å². The Bertz CT molecular complexity index is 356. The summed E-state index contributed by atoms with van der Waals surface area (Å²) in [6, 6.07) is 5.21. The summed E-state index contributed by atoms with van der Waals surface area (Å²) in [5, 5.41) is 3.06. The molecule has 0 aliphatic carbocycles. The van der Waals surface area contributed by atoms with Gasteiger partial charge in [0, 0.05) is 5.56 Å². The number of hydrogen-bond acceptors (Lipinski definition) is 1. The third-order valence-corrected chi connectivity index (χ3v) is 2.39. The highest BCUT2D eigenvalue weighted by Crippen LogP contribution is 2.19.